The van der Waals surface area contributed by atoms with Crippen molar-refractivity contribution in [3.63, 3.8) is 0 Å². The minimum absolute atomic E-state index is 0.109. The standard InChI is InChI=1S/C10H14N2O3/c1-6-9(7(2)15-12-6)11-10(13)8-4-3-5-14-8/h8H,3-5H2,1-2H3,(H,11,13)/t8-/m0/s1. The van der Waals surface area contributed by atoms with Gasteiger partial charge >= 0.3 is 0 Å². The molecule has 0 saturated carbocycles. The van der Waals surface area contributed by atoms with Crippen LogP contribution in [0.15, 0.2) is 4.52 Å². The van der Waals surface area contributed by atoms with Gasteiger partial charge in [-0.1, -0.05) is 5.16 Å². The average Bonchev–Trinajstić information content (AvgIpc) is 2.82. The quantitative estimate of drug-likeness (QED) is 0.801. The number of carbonyl (C=O) groups excluding carboxylic acids is 1. The molecule has 1 saturated heterocycles. The smallest absolute Gasteiger partial charge is 0.253 e. The second-order valence-corrected chi connectivity index (χ2v) is 3.69. The molecule has 0 radical (unpaired) electrons. The monoisotopic (exact) mass is 210 g/mol. The minimum atomic E-state index is -0.321. The van der Waals surface area contributed by atoms with Crippen molar-refractivity contribution >= 4 is 11.6 Å². The summed E-state index contributed by atoms with van der Waals surface area (Å²) in [7, 11) is 0. The highest BCUT2D eigenvalue weighted by Crippen LogP contribution is 2.20. The number of rotatable bonds is 2. The van der Waals surface area contributed by atoms with Crippen molar-refractivity contribution < 1.29 is 14.1 Å². The van der Waals surface area contributed by atoms with E-state index in [1.807, 2.05) is 0 Å². The van der Waals surface area contributed by atoms with Crippen molar-refractivity contribution in [3.8, 4) is 0 Å². The average molecular weight is 210 g/mol. The van der Waals surface area contributed by atoms with Crippen LogP contribution < -0.4 is 5.32 Å². The van der Waals surface area contributed by atoms with Gasteiger partial charge in [0.2, 0.25) is 0 Å². The van der Waals surface area contributed by atoms with Crippen molar-refractivity contribution in [1.29, 1.82) is 0 Å². The molecule has 15 heavy (non-hydrogen) atoms. The predicted molar refractivity (Wildman–Crippen MR) is 53.6 cm³/mol. The van der Waals surface area contributed by atoms with Crippen LogP contribution in [0.4, 0.5) is 5.69 Å². The van der Waals surface area contributed by atoms with E-state index in [0.717, 1.165) is 12.8 Å². The molecule has 1 N–H and O–H groups in total. The summed E-state index contributed by atoms with van der Waals surface area (Å²) >= 11 is 0. The van der Waals surface area contributed by atoms with Gasteiger partial charge in [0.15, 0.2) is 5.76 Å². The fourth-order valence-corrected chi connectivity index (χ4v) is 1.65. The van der Waals surface area contributed by atoms with E-state index < -0.39 is 0 Å². The fourth-order valence-electron chi connectivity index (χ4n) is 1.65. The van der Waals surface area contributed by atoms with Crippen molar-refractivity contribution in [3.05, 3.63) is 11.5 Å². The second kappa shape index (κ2) is 4.02. The van der Waals surface area contributed by atoms with Gasteiger partial charge in [-0.3, -0.25) is 4.79 Å². The molecular formula is C10H14N2O3. The van der Waals surface area contributed by atoms with E-state index in [2.05, 4.69) is 10.5 Å². The van der Waals surface area contributed by atoms with Gasteiger partial charge in [0.05, 0.1) is 0 Å². The molecule has 1 fully saturated rings. The number of anilines is 1. The van der Waals surface area contributed by atoms with Crippen molar-refractivity contribution in [1.82, 2.24) is 5.16 Å². The number of hydrogen-bond donors (Lipinski definition) is 1. The molecule has 5 nitrogen and oxygen atoms in total. The van der Waals surface area contributed by atoms with Crippen LogP contribution in [-0.2, 0) is 9.53 Å². The van der Waals surface area contributed by atoms with E-state index in [9.17, 15) is 4.79 Å². The van der Waals surface area contributed by atoms with Crippen LogP contribution in [0.25, 0.3) is 0 Å². The van der Waals surface area contributed by atoms with Crippen molar-refractivity contribution in [2.24, 2.45) is 0 Å². The summed E-state index contributed by atoms with van der Waals surface area (Å²) in [5.41, 5.74) is 1.36. The van der Waals surface area contributed by atoms with Crippen LogP contribution in [0.5, 0.6) is 0 Å². The molecule has 0 aliphatic carbocycles. The number of aromatic nitrogens is 1. The Balaban J connectivity index is 2.05. The zero-order valence-electron chi connectivity index (χ0n) is 8.87. The van der Waals surface area contributed by atoms with Crippen LogP contribution >= 0.6 is 0 Å². The molecule has 82 valence electrons. The maximum atomic E-state index is 11.7. The van der Waals surface area contributed by atoms with Gasteiger partial charge in [-0.25, -0.2) is 0 Å². The van der Waals surface area contributed by atoms with E-state index in [0.29, 0.717) is 23.7 Å². The Morgan fingerprint density at radius 3 is 2.87 bits per heavy atom. The Morgan fingerprint density at radius 2 is 2.33 bits per heavy atom. The maximum absolute atomic E-state index is 11.7. The lowest BCUT2D eigenvalue weighted by Gasteiger charge is -2.09. The molecular weight excluding hydrogens is 196 g/mol. The number of nitrogens with one attached hydrogen (secondary N) is 1. The highest BCUT2D eigenvalue weighted by molar-refractivity contribution is 5.95. The van der Waals surface area contributed by atoms with Gasteiger partial charge in [0.1, 0.15) is 17.5 Å². The molecule has 1 aromatic heterocycles. The maximum Gasteiger partial charge on any atom is 0.253 e. The van der Waals surface area contributed by atoms with E-state index in [1.165, 1.54) is 0 Å². The summed E-state index contributed by atoms with van der Waals surface area (Å²) in [6.07, 6.45) is 1.41. The molecule has 1 aromatic rings. The van der Waals surface area contributed by atoms with Gasteiger partial charge in [-0.2, -0.15) is 0 Å². The van der Waals surface area contributed by atoms with Gasteiger partial charge in [-0.05, 0) is 26.7 Å². The lowest BCUT2D eigenvalue weighted by Crippen LogP contribution is -2.27. The predicted octanol–water partition coefficient (Wildman–Crippen LogP) is 1.41. The van der Waals surface area contributed by atoms with Crippen molar-refractivity contribution in [2.75, 3.05) is 11.9 Å². The molecule has 0 bridgehead atoms. The first kappa shape index (κ1) is 10.2. The Hall–Kier alpha value is -1.36. The summed E-state index contributed by atoms with van der Waals surface area (Å²) in [5.74, 6) is 0.515. The Bertz CT molecular complexity index is 347. The molecule has 0 unspecified atom stereocenters. The van der Waals surface area contributed by atoms with Crippen molar-refractivity contribution in [2.45, 2.75) is 32.8 Å². The first-order valence-electron chi connectivity index (χ1n) is 5.04. The first-order valence-corrected chi connectivity index (χ1v) is 5.04. The van der Waals surface area contributed by atoms with Crippen LogP contribution in [0.1, 0.15) is 24.3 Å². The fraction of sp³-hybridized carbons (Fsp3) is 0.600. The summed E-state index contributed by atoms with van der Waals surface area (Å²) in [6, 6.07) is 0. The Kier molecular flexibility index (Phi) is 2.73. The minimum Gasteiger partial charge on any atom is -0.368 e. The van der Waals surface area contributed by atoms with Gasteiger partial charge in [0, 0.05) is 6.61 Å². The van der Waals surface area contributed by atoms with Gasteiger partial charge in [0.25, 0.3) is 5.91 Å². The largest absolute Gasteiger partial charge is 0.368 e. The number of hydrogen-bond acceptors (Lipinski definition) is 4. The summed E-state index contributed by atoms with van der Waals surface area (Å²) < 4.78 is 10.2. The zero-order valence-corrected chi connectivity index (χ0v) is 8.87. The molecule has 5 heteroatoms. The SMILES string of the molecule is Cc1noc(C)c1NC(=O)[C@@H]1CCCO1. The normalized spacial score (nSPS) is 20.5. The molecule has 2 heterocycles. The highest BCUT2D eigenvalue weighted by atomic mass is 16.5. The topological polar surface area (TPSA) is 64.4 Å². The molecule has 1 aliphatic rings. The number of nitrogens with zero attached hydrogens (tertiary/aromatic N) is 1. The number of aryl methyl sites for hydroxylation is 2. The molecule has 0 aromatic carbocycles. The highest BCUT2D eigenvalue weighted by Gasteiger charge is 2.25. The van der Waals surface area contributed by atoms with Crippen LogP contribution in [0, 0.1) is 13.8 Å². The van der Waals surface area contributed by atoms with E-state index in [1.54, 1.807) is 13.8 Å². The van der Waals surface area contributed by atoms with Crippen LogP contribution in [0.2, 0.25) is 0 Å². The third kappa shape index (κ3) is 2.02. The van der Waals surface area contributed by atoms with Gasteiger partial charge < -0.3 is 14.6 Å². The second-order valence-electron chi connectivity index (χ2n) is 3.69. The number of amides is 1. The van der Waals surface area contributed by atoms with Crippen LogP contribution in [-0.4, -0.2) is 23.8 Å². The molecule has 0 spiro atoms. The van der Waals surface area contributed by atoms with E-state index in [4.69, 9.17) is 9.26 Å². The summed E-state index contributed by atoms with van der Waals surface area (Å²) in [6.45, 7) is 4.23. The molecule has 1 aliphatic heterocycles. The lowest BCUT2D eigenvalue weighted by atomic mass is 10.2. The third-order valence-electron chi connectivity index (χ3n) is 2.50. The van der Waals surface area contributed by atoms with E-state index >= 15 is 0 Å². The number of carbonyl (C=O) groups is 1. The summed E-state index contributed by atoms with van der Waals surface area (Å²) in [5, 5.41) is 6.55. The summed E-state index contributed by atoms with van der Waals surface area (Å²) in [4.78, 5) is 11.7. The Morgan fingerprint density at radius 1 is 1.53 bits per heavy atom. The van der Waals surface area contributed by atoms with E-state index in [-0.39, 0.29) is 12.0 Å². The third-order valence-corrected chi connectivity index (χ3v) is 2.50. The number of ether oxygens (including phenoxy) is 1. The van der Waals surface area contributed by atoms with Crippen LogP contribution in [0.3, 0.4) is 0 Å². The van der Waals surface area contributed by atoms with Gasteiger partial charge in [-0.15, -0.1) is 0 Å². The first-order chi connectivity index (χ1) is 7.18. The zero-order chi connectivity index (χ0) is 10.8. The molecule has 2 rings (SSSR count). The Labute approximate surface area is 87.8 Å². The molecule has 1 atom stereocenters. The lowest BCUT2D eigenvalue weighted by molar-refractivity contribution is -0.124. The molecule has 1 amide bonds.